The highest BCUT2D eigenvalue weighted by Gasteiger charge is 2.22. The van der Waals surface area contributed by atoms with Gasteiger partial charge in [0.1, 0.15) is 0 Å². The number of nitrogens with zero attached hydrogens (tertiary/aromatic N) is 2. The molecule has 0 spiro atoms. The van der Waals surface area contributed by atoms with Crippen molar-refractivity contribution in [2.75, 3.05) is 11.9 Å². The molecule has 0 amide bonds. The van der Waals surface area contributed by atoms with E-state index >= 15 is 0 Å². The van der Waals surface area contributed by atoms with E-state index in [4.69, 9.17) is 0 Å². The molecule has 1 unspecified atom stereocenters. The second-order valence-electron chi connectivity index (χ2n) is 5.46. The van der Waals surface area contributed by atoms with Crippen LogP contribution in [0, 0.1) is 0 Å². The standard InChI is InChI=1S/C15H21N3O/c1-11(19)10-16-15-17-13-8-4-5-9-14(13)18(15)12-6-2-3-7-12/h4-5,8-9,11-12,19H,2-3,6-7,10H2,1H3,(H,16,17). The van der Waals surface area contributed by atoms with Crippen LogP contribution in [0.2, 0.25) is 0 Å². The summed E-state index contributed by atoms with van der Waals surface area (Å²) in [7, 11) is 0. The van der Waals surface area contributed by atoms with Crippen molar-refractivity contribution >= 4 is 17.0 Å². The predicted molar refractivity (Wildman–Crippen MR) is 77.4 cm³/mol. The van der Waals surface area contributed by atoms with Crippen LogP contribution in [0.5, 0.6) is 0 Å². The van der Waals surface area contributed by atoms with Gasteiger partial charge in [0.2, 0.25) is 5.95 Å². The molecule has 3 rings (SSSR count). The van der Waals surface area contributed by atoms with Crippen LogP contribution in [0.25, 0.3) is 11.0 Å². The molecule has 1 aliphatic carbocycles. The van der Waals surface area contributed by atoms with Crippen molar-refractivity contribution < 1.29 is 5.11 Å². The number of nitrogens with one attached hydrogen (secondary N) is 1. The van der Waals surface area contributed by atoms with Crippen molar-refractivity contribution in [2.24, 2.45) is 0 Å². The maximum atomic E-state index is 9.45. The van der Waals surface area contributed by atoms with Crippen LogP contribution in [0.4, 0.5) is 5.95 Å². The second kappa shape index (κ2) is 5.21. The van der Waals surface area contributed by atoms with Gasteiger partial charge in [-0.25, -0.2) is 4.98 Å². The van der Waals surface area contributed by atoms with Crippen LogP contribution in [-0.4, -0.2) is 27.3 Å². The largest absolute Gasteiger partial charge is 0.392 e. The fraction of sp³-hybridized carbons (Fsp3) is 0.533. The summed E-state index contributed by atoms with van der Waals surface area (Å²) in [5.41, 5.74) is 2.23. The fourth-order valence-electron chi connectivity index (χ4n) is 2.94. The molecule has 0 bridgehead atoms. The summed E-state index contributed by atoms with van der Waals surface area (Å²) in [6.45, 7) is 2.33. The van der Waals surface area contributed by atoms with Gasteiger partial charge in [-0.1, -0.05) is 25.0 Å². The Labute approximate surface area is 113 Å². The molecule has 0 radical (unpaired) electrons. The fourth-order valence-corrected chi connectivity index (χ4v) is 2.94. The lowest BCUT2D eigenvalue weighted by Crippen LogP contribution is -2.19. The Hall–Kier alpha value is -1.55. The summed E-state index contributed by atoms with van der Waals surface area (Å²) in [5, 5.41) is 12.7. The molecule has 4 nitrogen and oxygen atoms in total. The number of benzene rings is 1. The first kappa shape index (κ1) is 12.5. The topological polar surface area (TPSA) is 50.1 Å². The number of imidazole rings is 1. The quantitative estimate of drug-likeness (QED) is 0.887. The monoisotopic (exact) mass is 259 g/mol. The molecule has 1 aliphatic rings. The molecule has 2 N–H and O–H groups in total. The SMILES string of the molecule is CC(O)CNc1nc2ccccc2n1C1CCCC1. The molecule has 19 heavy (non-hydrogen) atoms. The molecule has 4 heteroatoms. The van der Waals surface area contributed by atoms with Crippen molar-refractivity contribution in [3.8, 4) is 0 Å². The number of para-hydroxylation sites is 2. The molecule has 1 aromatic carbocycles. The molecule has 1 heterocycles. The average Bonchev–Trinajstić information content (AvgIpc) is 3.02. The molecule has 1 aromatic heterocycles. The second-order valence-corrected chi connectivity index (χ2v) is 5.46. The van der Waals surface area contributed by atoms with Crippen molar-refractivity contribution in [3.63, 3.8) is 0 Å². The number of hydrogen-bond acceptors (Lipinski definition) is 3. The molecule has 0 saturated heterocycles. The molecule has 1 atom stereocenters. The van der Waals surface area contributed by atoms with Gasteiger partial charge in [0.25, 0.3) is 0 Å². The molecule has 2 aromatic rings. The van der Waals surface area contributed by atoms with Gasteiger partial charge in [-0.3, -0.25) is 0 Å². The normalized spacial score (nSPS) is 18.0. The molecule has 0 aliphatic heterocycles. The summed E-state index contributed by atoms with van der Waals surface area (Å²) in [4.78, 5) is 4.67. The third-order valence-electron chi connectivity index (χ3n) is 3.84. The van der Waals surface area contributed by atoms with E-state index in [9.17, 15) is 5.11 Å². The molecule has 102 valence electrons. The number of aromatic nitrogens is 2. The predicted octanol–water partition coefficient (Wildman–Crippen LogP) is 2.94. The Kier molecular flexibility index (Phi) is 3.42. The lowest BCUT2D eigenvalue weighted by Gasteiger charge is -2.17. The minimum Gasteiger partial charge on any atom is -0.392 e. The summed E-state index contributed by atoms with van der Waals surface area (Å²) in [5.74, 6) is 0.897. The van der Waals surface area contributed by atoms with E-state index < -0.39 is 0 Å². The molecule has 1 saturated carbocycles. The third kappa shape index (κ3) is 2.45. The van der Waals surface area contributed by atoms with E-state index in [1.807, 2.05) is 12.1 Å². The van der Waals surface area contributed by atoms with Crippen LogP contribution >= 0.6 is 0 Å². The first-order chi connectivity index (χ1) is 9.25. The van der Waals surface area contributed by atoms with E-state index in [-0.39, 0.29) is 6.10 Å². The average molecular weight is 259 g/mol. The smallest absolute Gasteiger partial charge is 0.204 e. The van der Waals surface area contributed by atoms with Crippen LogP contribution in [0.15, 0.2) is 24.3 Å². The van der Waals surface area contributed by atoms with E-state index in [0.29, 0.717) is 12.6 Å². The summed E-state index contributed by atoms with van der Waals surface area (Å²) in [6.07, 6.45) is 4.69. The number of anilines is 1. The van der Waals surface area contributed by atoms with Gasteiger partial charge in [0.05, 0.1) is 17.1 Å². The molecular formula is C15H21N3O. The van der Waals surface area contributed by atoms with E-state index in [1.54, 1.807) is 6.92 Å². The van der Waals surface area contributed by atoms with Crippen molar-refractivity contribution in [1.29, 1.82) is 0 Å². The van der Waals surface area contributed by atoms with Gasteiger partial charge >= 0.3 is 0 Å². The van der Waals surface area contributed by atoms with E-state index in [2.05, 4.69) is 27.0 Å². The molecule has 1 fully saturated rings. The Morgan fingerprint density at radius 2 is 2.11 bits per heavy atom. The third-order valence-corrected chi connectivity index (χ3v) is 3.84. The Morgan fingerprint density at radius 1 is 1.37 bits per heavy atom. The zero-order valence-electron chi connectivity index (χ0n) is 11.3. The summed E-state index contributed by atoms with van der Waals surface area (Å²) < 4.78 is 2.32. The van der Waals surface area contributed by atoms with Crippen molar-refractivity contribution in [2.45, 2.75) is 44.8 Å². The first-order valence-electron chi connectivity index (χ1n) is 7.14. The van der Waals surface area contributed by atoms with Crippen LogP contribution < -0.4 is 5.32 Å². The Morgan fingerprint density at radius 3 is 2.84 bits per heavy atom. The number of aliphatic hydroxyl groups is 1. The number of aliphatic hydroxyl groups excluding tert-OH is 1. The van der Waals surface area contributed by atoms with Gasteiger partial charge in [-0.05, 0) is 31.9 Å². The van der Waals surface area contributed by atoms with Crippen LogP contribution in [0.3, 0.4) is 0 Å². The van der Waals surface area contributed by atoms with Gasteiger partial charge in [-0.2, -0.15) is 0 Å². The zero-order valence-corrected chi connectivity index (χ0v) is 11.3. The minimum atomic E-state index is -0.364. The summed E-state index contributed by atoms with van der Waals surface area (Å²) in [6, 6.07) is 8.81. The summed E-state index contributed by atoms with van der Waals surface area (Å²) >= 11 is 0. The Balaban J connectivity index is 2.00. The molecular weight excluding hydrogens is 238 g/mol. The minimum absolute atomic E-state index is 0.364. The van der Waals surface area contributed by atoms with Gasteiger partial charge < -0.3 is 15.0 Å². The van der Waals surface area contributed by atoms with Crippen molar-refractivity contribution in [3.05, 3.63) is 24.3 Å². The van der Waals surface area contributed by atoms with Crippen LogP contribution in [0.1, 0.15) is 38.6 Å². The number of rotatable bonds is 4. The first-order valence-corrected chi connectivity index (χ1v) is 7.14. The lowest BCUT2D eigenvalue weighted by molar-refractivity contribution is 0.208. The highest BCUT2D eigenvalue weighted by molar-refractivity contribution is 5.78. The van der Waals surface area contributed by atoms with Gasteiger partial charge in [0.15, 0.2) is 0 Å². The Bertz CT molecular complexity index is 556. The van der Waals surface area contributed by atoms with Crippen molar-refractivity contribution in [1.82, 2.24) is 9.55 Å². The highest BCUT2D eigenvalue weighted by Crippen LogP contribution is 2.35. The van der Waals surface area contributed by atoms with Gasteiger partial charge in [0, 0.05) is 12.6 Å². The van der Waals surface area contributed by atoms with E-state index in [0.717, 1.165) is 11.5 Å². The zero-order chi connectivity index (χ0) is 13.2. The van der Waals surface area contributed by atoms with Gasteiger partial charge in [-0.15, -0.1) is 0 Å². The number of fused-ring (bicyclic) bond motifs is 1. The van der Waals surface area contributed by atoms with E-state index in [1.165, 1.54) is 31.2 Å². The number of hydrogen-bond donors (Lipinski definition) is 2. The maximum absolute atomic E-state index is 9.45. The maximum Gasteiger partial charge on any atom is 0.204 e. The lowest BCUT2D eigenvalue weighted by atomic mass is 10.2. The highest BCUT2D eigenvalue weighted by atomic mass is 16.3. The van der Waals surface area contributed by atoms with Crippen LogP contribution in [-0.2, 0) is 0 Å².